The predicted octanol–water partition coefficient (Wildman–Crippen LogP) is 13.8. The number of rotatable bonds is 9. The highest BCUT2D eigenvalue weighted by Gasteiger charge is 2.46. The standard InChI is InChI=1S/C28H34Br2N3O3.C27H29BrClN3O2.C27H31Cl3N4O3/c1-18(34)31-11-6-19(7-12-31)15-25(35)32-13-8-20(9-14-32)27-26-22(16-23(29)17-24(26)30)5-4-21-3-2-10-33(36)28(21)27;1-30-11-6-18(7-12-30)15-24(33)31-13-8-19(9-14-31)26-25-21(16-22(29)17-23(25)28)5-4-20-3-2-10-32(34)27(20)26;28-20-12-18-1-2-19-13-21(29)15-34(37)26(19)25(24(18)22(30)14-20)17-5-9-32(10-6-17)23(35)11-16-3-7-33(8-4-16)27(31)36/h2-3,10,16-17,19-20,27,36H,4-9,11-15H2,1H3;2-3,6-7,10-12,16-17,19,26,34H,4-5,8-9,13-15H2,1H3;12-17,25H,1-11H2,(H2-,31,36,37)/q+1;+2;/p+1. The van der Waals surface area contributed by atoms with Crippen molar-refractivity contribution in [3.05, 3.63) is 216 Å². The maximum atomic E-state index is 13.2. The van der Waals surface area contributed by atoms with Crippen LogP contribution in [0.3, 0.4) is 0 Å². The Morgan fingerprint density at radius 2 is 0.841 bits per heavy atom. The first-order valence-corrected chi connectivity index (χ1v) is 41.7. The number of aryl methyl sites for hydroxylation is 7. The second kappa shape index (κ2) is 34.8. The van der Waals surface area contributed by atoms with Gasteiger partial charge >= 0.3 is 6.03 Å². The van der Waals surface area contributed by atoms with E-state index in [1.807, 2.05) is 86.1 Å². The second-order valence-electron chi connectivity index (χ2n) is 30.6. The third-order valence-corrected chi connectivity index (χ3v) is 26.8. The summed E-state index contributed by atoms with van der Waals surface area (Å²) in [6, 6.07) is 25.7. The summed E-state index contributed by atoms with van der Waals surface area (Å²) in [6.07, 6.45) is 24.2. The highest BCUT2D eigenvalue weighted by molar-refractivity contribution is 9.11. The van der Waals surface area contributed by atoms with E-state index in [9.17, 15) is 39.6 Å². The molecule has 9 heterocycles. The molecule has 7 aromatic rings. The van der Waals surface area contributed by atoms with Crippen molar-refractivity contribution < 1.29 is 58.4 Å². The first kappa shape index (κ1) is 78.5. The number of hydrogen-bond acceptors (Lipinski definition) is 8. The van der Waals surface area contributed by atoms with Crippen LogP contribution in [0.25, 0.3) is 0 Å². The molecule has 0 spiro atoms. The molecule has 566 valence electrons. The molecule has 3 atom stereocenters. The number of likely N-dealkylation sites (tertiary alicyclic amines) is 5. The molecule has 5 fully saturated rings. The number of benzene rings is 3. The van der Waals surface area contributed by atoms with Gasteiger partial charge in [0.05, 0.1) is 24.2 Å². The Hall–Kier alpha value is -6.59. The number of nitrogens with two attached hydrogens (primary N) is 1. The van der Waals surface area contributed by atoms with Crippen LogP contribution in [0.5, 0.6) is 0 Å². The van der Waals surface area contributed by atoms with E-state index in [-0.39, 0.29) is 59.2 Å². The average Bonchev–Trinajstić information content (AvgIpc) is 1.71. The monoisotopic (exact) mass is 1720 g/mol. The topological polar surface area (TPSA) is 204 Å². The van der Waals surface area contributed by atoms with Crippen molar-refractivity contribution in [1.82, 2.24) is 24.5 Å². The molecule has 18 nitrogen and oxygen atoms in total. The summed E-state index contributed by atoms with van der Waals surface area (Å²) in [5.41, 5.74) is 19.7. The van der Waals surface area contributed by atoms with Gasteiger partial charge < -0.3 is 30.2 Å². The smallest absolute Gasteiger partial charge is 0.314 e. The molecule has 107 heavy (non-hydrogen) atoms. The van der Waals surface area contributed by atoms with Gasteiger partial charge in [-0.05, 0) is 226 Å². The lowest BCUT2D eigenvalue weighted by Gasteiger charge is -2.37. The molecule has 6 amide bonds. The van der Waals surface area contributed by atoms with Gasteiger partial charge in [-0.1, -0.05) is 94.2 Å². The van der Waals surface area contributed by atoms with E-state index in [1.165, 1.54) is 53.8 Å². The summed E-state index contributed by atoms with van der Waals surface area (Å²) in [4.78, 5) is 71.8. The van der Waals surface area contributed by atoms with Crippen LogP contribution in [-0.4, -0.2) is 135 Å². The highest BCUT2D eigenvalue weighted by atomic mass is 79.9. The molecule has 0 saturated carbocycles. The Morgan fingerprint density at radius 3 is 1.33 bits per heavy atom. The summed E-state index contributed by atoms with van der Waals surface area (Å²) in [6.45, 7) is 8.68. The van der Waals surface area contributed by atoms with E-state index in [1.54, 1.807) is 30.3 Å². The van der Waals surface area contributed by atoms with Crippen LogP contribution in [0.4, 0.5) is 4.79 Å². The Balaban J connectivity index is 0.000000142. The first-order chi connectivity index (χ1) is 51.4. The molecular weight excluding hydrogens is 1630 g/mol. The minimum Gasteiger partial charge on any atom is -0.351 e. The number of piperidine rings is 5. The average molecular weight is 1730 g/mol. The SMILES string of the molecule is CC(=O)N1CCC(CC(=O)N2CCC(C3c4c(Br)cc(Br)cc4CCc4ccc[n+](O)c43)CC2)CC1.C[n+]1ccc(CC(=O)N2CCC(C3c4c(Br)cc(Cl)cc4CCc4ccc[n+](O)c43)CC2)cc1.NC(=O)N1CCC(CC(=O)N2CCC(C3c4c(Cl)cc(Cl)cc4CCc4cc(Cl)c[n+](O)c43)CC2)CC1. The van der Waals surface area contributed by atoms with Gasteiger partial charge in [-0.25, -0.2) is 9.36 Å². The number of nitrogens with zero attached hydrogens (tertiary/aromatic N) is 9. The minimum absolute atomic E-state index is 0.0386. The van der Waals surface area contributed by atoms with Crippen molar-refractivity contribution in [2.45, 2.75) is 147 Å². The number of amides is 6. The van der Waals surface area contributed by atoms with Crippen LogP contribution in [0.1, 0.15) is 174 Å². The fourth-order valence-corrected chi connectivity index (χ4v) is 22.0. The molecule has 25 heteroatoms. The molecule has 0 radical (unpaired) electrons. The van der Waals surface area contributed by atoms with Crippen LogP contribution in [0.2, 0.25) is 20.1 Å². The molecule has 15 rings (SSSR count). The van der Waals surface area contributed by atoms with Gasteiger partial charge in [-0.15, -0.1) is 0 Å². The Labute approximate surface area is 672 Å². The number of aromatic nitrogens is 4. The van der Waals surface area contributed by atoms with Crippen molar-refractivity contribution in [3.63, 3.8) is 0 Å². The molecule has 3 aliphatic carbocycles. The summed E-state index contributed by atoms with van der Waals surface area (Å²) in [7, 11) is 1.97. The second-order valence-corrected chi connectivity index (χ2v) is 34.9. The van der Waals surface area contributed by atoms with E-state index >= 15 is 0 Å². The Bertz CT molecular complexity index is 4420. The van der Waals surface area contributed by atoms with Gasteiger partial charge in [0.2, 0.25) is 59.3 Å². The van der Waals surface area contributed by atoms with E-state index < -0.39 is 0 Å². The van der Waals surface area contributed by atoms with Crippen molar-refractivity contribution in [1.29, 1.82) is 0 Å². The van der Waals surface area contributed by atoms with Gasteiger partial charge in [-0.3, -0.25) is 34.8 Å². The lowest BCUT2D eigenvalue weighted by atomic mass is 9.76. The van der Waals surface area contributed by atoms with Crippen LogP contribution >= 0.6 is 94.2 Å². The zero-order valence-corrected chi connectivity index (χ0v) is 68.4. The number of primary amides is 1. The molecule has 5 saturated heterocycles. The molecule has 3 unspecified atom stereocenters. The van der Waals surface area contributed by atoms with Crippen molar-refractivity contribution >= 4 is 124 Å². The van der Waals surface area contributed by atoms with Crippen molar-refractivity contribution in [2.75, 3.05) is 65.4 Å². The molecular formula is C82H95Br3Cl4N10O8+4. The zero-order chi connectivity index (χ0) is 75.5. The van der Waals surface area contributed by atoms with Crippen LogP contribution in [0.15, 0.2) is 123 Å². The summed E-state index contributed by atoms with van der Waals surface area (Å²) in [5.74, 6) is 2.20. The Kier molecular flexibility index (Phi) is 25.5. The third-order valence-electron chi connectivity index (χ3n) is 24.1. The number of hydrogen-bond donors (Lipinski definition) is 4. The fraction of sp³-hybridized carbons (Fsp3) is 0.476. The number of urea groups is 1. The molecule has 3 aromatic carbocycles. The molecule has 8 aliphatic rings. The Morgan fingerprint density at radius 1 is 0.449 bits per heavy atom. The van der Waals surface area contributed by atoms with Gasteiger partial charge in [0.1, 0.15) is 12.1 Å². The lowest BCUT2D eigenvalue weighted by Crippen LogP contribution is -2.45. The summed E-state index contributed by atoms with van der Waals surface area (Å²) < 4.78 is 8.90. The fourth-order valence-electron chi connectivity index (χ4n) is 18.5. The normalized spacial score (nSPS) is 20.0. The van der Waals surface area contributed by atoms with E-state index in [0.717, 1.165) is 200 Å². The highest BCUT2D eigenvalue weighted by Crippen LogP contribution is 2.50. The quantitative estimate of drug-likeness (QED) is 0.0807. The lowest BCUT2D eigenvalue weighted by molar-refractivity contribution is -0.910. The number of fused-ring (bicyclic) bond motifs is 6. The molecule has 5 aliphatic heterocycles. The minimum atomic E-state index is -0.387. The van der Waals surface area contributed by atoms with E-state index in [0.29, 0.717) is 78.3 Å². The van der Waals surface area contributed by atoms with Gasteiger partial charge in [0.25, 0.3) is 0 Å². The largest absolute Gasteiger partial charge is 0.351 e. The van der Waals surface area contributed by atoms with Gasteiger partial charge in [-0.2, -0.15) is 0 Å². The number of pyridine rings is 4. The molecule has 5 N–H and O–H groups in total. The van der Waals surface area contributed by atoms with Crippen LogP contribution in [0, 0.1) is 29.6 Å². The van der Waals surface area contributed by atoms with Crippen LogP contribution < -0.4 is 24.5 Å². The summed E-state index contributed by atoms with van der Waals surface area (Å²) in [5, 5.41) is 35.2. The van der Waals surface area contributed by atoms with Gasteiger partial charge in [0, 0.05) is 169 Å². The zero-order valence-electron chi connectivity index (χ0n) is 60.6. The maximum absolute atomic E-state index is 13.2. The van der Waals surface area contributed by atoms with Crippen molar-refractivity contribution in [3.8, 4) is 0 Å². The maximum Gasteiger partial charge on any atom is 0.314 e. The third kappa shape index (κ3) is 18.1. The van der Waals surface area contributed by atoms with Gasteiger partial charge in [0.15, 0.2) is 12.4 Å². The number of carbonyl (C=O) groups is 5. The number of halogens is 7. The summed E-state index contributed by atoms with van der Waals surface area (Å²) >= 11 is 37.2. The number of carbonyl (C=O) groups excluding carboxylic acids is 5. The van der Waals surface area contributed by atoms with E-state index in [4.69, 9.17) is 52.1 Å². The van der Waals surface area contributed by atoms with Crippen LogP contribution in [-0.2, 0) is 71.2 Å². The van der Waals surface area contributed by atoms with E-state index in [2.05, 4.69) is 78.1 Å². The van der Waals surface area contributed by atoms with Crippen molar-refractivity contribution in [2.24, 2.45) is 42.4 Å². The molecule has 4 aromatic heterocycles. The predicted molar refractivity (Wildman–Crippen MR) is 419 cm³/mol. The molecule has 0 bridgehead atoms. The first-order valence-electron chi connectivity index (χ1n) is 37.8.